The van der Waals surface area contributed by atoms with Gasteiger partial charge in [0.25, 0.3) is 0 Å². The van der Waals surface area contributed by atoms with Crippen molar-refractivity contribution in [3.8, 4) is 0 Å². The molecule has 0 aromatic carbocycles. The molecule has 0 radical (unpaired) electrons. The van der Waals surface area contributed by atoms with Crippen molar-refractivity contribution in [2.75, 3.05) is 17.6 Å². The van der Waals surface area contributed by atoms with Crippen LogP contribution in [0.1, 0.15) is 12.8 Å². The lowest BCUT2D eigenvalue weighted by Gasteiger charge is -2.10. The highest BCUT2D eigenvalue weighted by Crippen LogP contribution is 2.25. The molecule has 1 aromatic rings. The van der Waals surface area contributed by atoms with Gasteiger partial charge in [0, 0.05) is 18.0 Å². The zero-order valence-electron chi connectivity index (χ0n) is 10.3. The monoisotopic (exact) mass is 284 g/mol. The number of hydrogen-bond donors (Lipinski definition) is 3. The fourth-order valence-electron chi connectivity index (χ4n) is 1.84. The topological polar surface area (TPSA) is 96.2 Å². The van der Waals surface area contributed by atoms with Crippen molar-refractivity contribution in [3.63, 3.8) is 0 Å². The summed E-state index contributed by atoms with van der Waals surface area (Å²) in [7, 11) is 0. The molecule has 1 fully saturated rings. The van der Waals surface area contributed by atoms with E-state index >= 15 is 0 Å². The highest BCUT2D eigenvalue weighted by atomic mass is 32.2. The van der Waals surface area contributed by atoms with E-state index in [0.29, 0.717) is 17.5 Å². The number of carbonyl (C=O) groups excluding carboxylic acids is 1. The Morgan fingerprint density at radius 3 is 3.11 bits per heavy atom. The van der Waals surface area contributed by atoms with Crippen LogP contribution in [0.15, 0.2) is 12.4 Å². The predicted molar refractivity (Wildman–Crippen MR) is 72.4 cm³/mol. The summed E-state index contributed by atoms with van der Waals surface area (Å²) in [6.45, 7) is 0.432. The van der Waals surface area contributed by atoms with Crippen LogP contribution in [0.4, 0.5) is 10.5 Å². The number of anilines is 1. The predicted octanol–water partition coefficient (Wildman–Crippen LogP) is 0.985. The number of amides is 2. The molecule has 2 rings (SSSR count). The second-order valence-corrected chi connectivity index (χ2v) is 5.70. The van der Waals surface area contributed by atoms with Crippen molar-refractivity contribution in [1.82, 2.24) is 15.1 Å². The van der Waals surface area contributed by atoms with Crippen LogP contribution in [-0.4, -0.2) is 44.4 Å². The third-order valence-electron chi connectivity index (χ3n) is 2.70. The van der Waals surface area contributed by atoms with Gasteiger partial charge in [0.15, 0.2) is 0 Å². The number of aromatic nitrogens is 2. The molecular weight excluding hydrogens is 268 g/mol. The average molecular weight is 284 g/mol. The van der Waals surface area contributed by atoms with E-state index in [-0.39, 0.29) is 12.6 Å². The Labute approximate surface area is 114 Å². The minimum atomic E-state index is -0.975. The van der Waals surface area contributed by atoms with Gasteiger partial charge in [-0.2, -0.15) is 16.9 Å². The number of rotatable bonds is 5. The van der Waals surface area contributed by atoms with Crippen LogP contribution in [0.25, 0.3) is 0 Å². The van der Waals surface area contributed by atoms with Gasteiger partial charge in [0.2, 0.25) is 0 Å². The molecule has 7 nitrogen and oxygen atoms in total. The Balaban J connectivity index is 1.74. The lowest BCUT2D eigenvalue weighted by Crippen LogP contribution is -2.33. The zero-order valence-corrected chi connectivity index (χ0v) is 11.2. The fraction of sp³-hybridized carbons (Fsp3) is 0.545. The number of thioether (sulfide) groups is 1. The number of carboxylic acids is 1. The van der Waals surface area contributed by atoms with Gasteiger partial charge in [0.1, 0.15) is 6.54 Å². The van der Waals surface area contributed by atoms with Gasteiger partial charge in [-0.1, -0.05) is 0 Å². The SMILES string of the molecule is O=C(O)Cn1cc(NC(=O)NCC2CCCS2)cn1. The van der Waals surface area contributed by atoms with Gasteiger partial charge in [-0.3, -0.25) is 9.48 Å². The third kappa shape index (κ3) is 4.47. The quantitative estimate of drug-likeness (QED) is 0.749. The van der Waals surface area contributed by atoms with Crippen molar-refractivity contribution in [1.29, 1.82) is 0 Å². The molecule has 1 aliphatic rings. The summed E-state index contributed by atoms with van der Waals surface area (Å²) in [6, 6.07) is -0.289. The molecule has 3 N–H and O–H groups in total. The first-order valence-corrected chi connectivity index (χ1v) is 7.09. The molecule has 1 unspecified atom stereocenters. The third-order valence-corrected chi connectivity index (χ3v) is 4.10. The summed E-state index contributed by atoms with van der Waals surface area (Å²) < 4.78 is 1.25. The molecule has 0 spiro atoms. The average Bonchev–Trinajstić information content (AvgIpc) is 2.97. The van der Waals surface area contributed by atoms with Gasteiger partial charge in [-0.05, 0) is 18.6 Å². The normalized spacial score (nSPS) is 18.2. The second-order valence-electron chi connectivity index (χ2n) is 4.29. The largest absolute Gasteiger partial charge is 0.480 e. The Morgan fingerprint density at radius 2 is 2.42 bits per heavy atom. The van der Waals surface area contributed by atoms with Gasteiger partial charge in [-0.15, -0.1) is 0 Å². The van der Waals surface area contributed by atoms with Crippen molar-refractivity contribution < 1.29 is 14.7 Å². The first-order valence-electron chi connectivity index (χ1n) is 6.04. The summed E-state index contributed by atoms with van der Waals surface area (Å²) >= 11 is 1.88. The van der Waals surface area contributed by atoms with E-state index in [4.69, 9.17) is 5.11 Å². The van der Waals surface area contributed by atoms with E-state index in [1.54, 1.807) is 0 Å². The number of nitrogens with one attached hydrogen (secondary N) is 2. The lowest BCUT2D eigenvalue weighted by molar-refractivity contribution is -0.137. The number of nitrogens with zero attached hydrogens (tertiary/aromatic N) is 2. The number of aliphatic carboxylic acids is 1. The van der Waals surface area contributed by atoms with E-state index in [0.717, 1.165) is 12.2 Å². The lowest BCUT2D eigenvalue weighted by atomic mass is 10.2. The highest BCUT2D eigenvalue weighted by molar-refractivity contribution is 8.00. The minimum absolute atomic E-state index is 0.220. The maximum atomic E-state index is 11.6. The molecule has 8 heteroatoms. The number of urea groups is 1. The van der Waals surface area contributed by atoms with Gasteiger partial charge >= 0.3 is 12.0 Å². The van der Waals surface area contributed by atoms with Crippen molar-refractivity contribution >= 4 is 29.4 Å². The molecule has 19 heavy (non-hydrogen) atoms. The maximum absolute atomic E-state index is 11.6. The van der Waals surface area contributed by atoms with Gasteiger partial charge < -0.3 is 15.7 Å². The van der Waals surface area contributed by atoms with Crippen LogP contribution in [0.5, 0.6) is 0 Å². The summed E-state index contributed by atoms with van der Waals surface area (Å²) in [5.74, 6) is 0.188. The first kappa shape index (κ1) is 13.7. The molecule has 1 saturated heterocycles. The fourth-order valence-corrected chi connectivity index (χ4v) is 3.04. The van der Waals surface area contributed by atoms with E-state index in [1.165, 1.54) is 23.5 Å². The molecule has 1 atom stereocenters. The molecule has 1 aromatic heterocycles. The smallest absolute Gasteiger partial charge is 0.325 e. The summed E-state index contributed by atoms with van der Waals surface area (Å²) in [5.41, 5.74) is 0.484. The standard InChI is InChI=1S/C11H16N4O3S/c16-10(17)7-15-6-8(4-13-15)14-11(18)12-5-9-2-1-3-19-9/h4,6,9H,1-3,5,7H2,(H,16,17)(H2,12,14,18). The van der Waals surface area contributed by atoms with Crippen LogP contribution in [0, 0.1) is 0 Å². The Bertz CT molecular complexity index is 457. The molecular formula is C11H16N4O3S. The molecule has 1 aliphatic heterocycles. The second kappa shape index (κ2) is 6.46. The molecule has 2 amide bonds. The van der Waals surface area contributed by atoms with Gasteiger partial charge in [0.05, 0.1) is 11.9 Å². The van der Waals surface area contributed by atoms with Crippen LogP contribution in [0.3, 0.4) is 0 Å². The minimum Gasteiger partial charge on any atom is -0.480 e. The van der Waals surface area contributed by atoms with Crippen molar-refractivity contribution in [3.05, 3.63) is 12.4 Å². The molecule has 2 heterocycles. The maximum Gasteiger partial charge on any atom is 0.325 e. The highest BCUT2D eigenvalue weighted by Gasteiger charge is 2.16. The summed E-state index contributed by atoms with van der Waals surface area (Å²) in [6.07, 6.45) is 5.26. The van der Waals surface area contributed by atoms with Crippen LogP contribution < -0.4 is 10.6 Å². The van der Waals surface area contributed by atoms with Crippen molar-refractivity contribution in [2.45, 2.75) is 24.6 Å². The molecule has 0 aliphatic carbocycles. The first-order chi connectivity index (χ1) is 9.13. The van der Waals surface area contributed by atoms with E-state index in [9.17, 15) is 9.59 Å². The van der Waals surface area contributed by atoms with E-state index in [2.05, 4.69) is 15.7 Å². The van der Waals surface area contributed by atoms with Crippen molar-refractivity contribution in [2.24, 2.45) is 0 Å². The van der Waals surface area contributed by atoms with E-state index < -0.39 is 5.97 Å². The Kier molecular flexibility index (Phi) is 4.67. The Morgan fingerprint density at radius 1 is 1.58 bits per heavy atom. The summed E-state index contributed by atoms with van der Waals surface area (Å²) in [5, 5.41) is 18.4. The number of carbonyl (C=O) groups is 2. The van der Waals surface area contributed by atoms with E-state index in [1.807, 2.05) is 11.8 Å². The number of carboxylic acid groups (broad SMARTS) is 1. The number of hydrogen-bond acceptors (Lipinski definition) is 4. The molecule has 0 saturated carbocycles. The zero-order chi connectivity index (χ0) is 13.7. The van der Waals surface area contributed by atoms with Crippen LogP contribution >= 0.6 is 11.8 Å². The Hall–Kier alpha value is -1.70. The molecule has 104 valence electrons. The van der Waals surface area contributed by atoms with Crippen LogP contribution in [-0.2, 0) is 11.3 Å². The van der Waals surface area contributed by atoms with Crippen LogP contribution in [0.2, 0.25) is 0 Å². The summed E-state index contributed by atoms with van der Waals surface area (Å²) in [4.78, 5) is 22.1. The van der Waals surface area contributed by atoms with Gasteiger partial charge in [-0.25, -0.2) is 4.79 Å². The molecule has 0 bridgehead atoms.